The standard InChI is InChI=1S/C14H18ClN3O4/c1-14(2,3)22-13(19)16-7-5-4-6-11-12(18(20)21)8-10(15)9-17-11/h4,6,8-9H,5,7H2,1-3H3,(H,16,19). The van der Waals surface area contributed by atoms with Gasteiger partial charge in [0.1, 0.15) is 11.3 Å². The van der Waals surface area contributed by atoms with Gasteiger partial charge in [-0.15, -0.1) is 0 Å². The molecule has 0 aliphatic heterocycles. The van der Waals surface area contributed by atoms with E-state index in [4.69, 9.17) is 16.3 Å². The Morgan fingerprint density at radius 1 is 1.55 bits per heavy atom. The molecule has 22 heavy (non-hydrogen) atoms. The van der Waals surface area contributed by atoms with Gasteiger partial charge in [0, 0.05) is 18.8 Å². The van der Waals surface area contributed by atoms with Crippen LogP contribution >= 0.6 is 11.6 Å². The average molecular weight is 328 g/mol. The molecule has 7 nitrogen and oxygen atoms in total. The summed E-state index contributed by atoms with van der Waals surface area (Å²) in [6.45, 7) is 5.68. The lowest BCUT2D eigenvalue weighted by molar-refractivity contribution is -0.385. The van der Waals surface area contributed by atoms with E-state index >= 15 is 0 Å². The Kier molecular flexibility index (Phi) is 6.30. The number of aromatic nitrogens is 1. The van der Waals surface area contributed by atoms with Crippen LogP contribution in [0.3, 0.4) is 0 Å². The van der Waals surface area contributed by atoms with Gasteiger partial charge in [-0.05, 0) is 33.3 Å². The maximum Gasteiger partial charge on any atom is 0.407 e. The number of hydrogen-bond acceptors (Lipinski definition) is 5. The van der Waals surface area contributed by atoms with Gasteiger partial charge >= 0.3 is 6.09 Å². The van der Waals surface area contributed by atoms with Crippen LogP contribution in [0.2, 0.25) is 5.02 Å². The molecule has 0 saturated carbocycles. The largest absolute Gasteiger partial charge is 0.444 e. The molecule has 1 heterocycles. The van der Waals surface area contributed by atoms with Crippen LogP contribution in [0.4, 0.5) is 10.5 Å². The first-order chi connectivity index (χ1) is 10.2. The van der Waals surface area contributed by atoms with Gasteiger partial charge in [0.2, 0.25) is 0 Å². The van der Waals surface area contributed by atoms with Crippen LogP contribution in [0, 0.1) is 10.1 Å². The van der Waals surface area contributed by atoms with Gasteiger partial charge < -0.3 is 10.1 Å². The normalized spacial score (nSPS) is 11.5. The third-order valence-corrected chi connectivity index (χ3v) is 2.52. The lowest BCUT2D eigenvalue weighted by atomic mass is 10.2. The van der Waals surface area contributed by atoms with Crippen molar-refractivity contribution in [1.82, 2.24) is 10.3 Å². The predicted octanol–water partition coefficient (Wildman–Crippen LogP) is 3.57. The zero-order valence-electron chi connectivity index (χ0n) is 12.6. The summed E-state index contributed by atoms with van der Waals surface area (Å²) in [5.74, 6) is 0. The number of rotatable bonds is 5. The first-order valence-corrected chi connectivity index (χ1v) is 7.00. The van der Waals surface area contributed by atoms with Gasteiger partial charge in [-0.2, -0.15) is 0 Å². The maximum absolute atomic E-state index is 11.4. The molecular formula is C14H18ClN3O4. The minimum Gasteiger partial charge on any atom is -0.444 e. The van der Waals surface area contributed by atoms with E-state index in [-0.39, 0.29) is 16.4 Å². The van der Waals surface area contributed by atoms with Crippen molar-refractivity contribution in [3.8, 4) is 0 Å². The highest BCUT2D eigenvalue weighted by Gasteiger charge is 2.15. The molecule has 1 rings (SSSR count). The van der Waals surface area contributed by atoms with Crippen molar-refractivity contribution in [2.75, 3.05) is 6.54 Å². The summed E-state index contributed by atoms with van der Waals surface area (Å²) < 4.78 is 5.08. The summed E-state index contributed by atoms with van der Waals surface area (Å²) in [6.07, 6.45) is 4.52. The Balaban J connectivity index is 2.50. The van der Waals surface area contributed by atoms with Crippen LogP contribution in [0.5, 0.6) is 0 Å². The van der Waals surface area contributed by atoms with E-state index in [0.29, 0.717) is 13.0 Å². The van der Waals surface area contributed by atoms with E-state index in [2.05, 4.69) is 10.3 Å². The fraction of sp³-hybridized carbons (Fsp3) is 0.429. The second-order valence-corrected chi connectivity index (χ2v) is 5.87. The maximum atomic E-state index is 11.4. The lowest BCUT2D eigenvalue weighted by Crippen LogP contribution is -2.32. The number of nitro groups is 1. The van der Waals surface area contributed by atoms with Crippen LogP contribution in [0.1, 0.15) is 32.9 Å². The molecule has 0 unspecified atom stereocenters. The second-order valence-electron chi connectivity index (χ2n) is 5.43. The molecular weight excluding hydrogens is 310 g/mol. The number of hydrogen-bond donors (Lipinski definition) is 1. The summed E-state index contributed by atoms with van der Waals surface area (Å²) >= 11 is 5.68. The highest BCUT2D eigenvalue weighted by atomic mass is 35.5. The Hall–Kier alpha value is -2.15. The zero-order chi connectivity index (χ0) is 16.8. The number of nitrogens with one attached hydrogen (secondary N) is 1. The third kappa shape index (κ3) is 6.53. The fourth-order valence-electron chi connectivity index (χ4n) is 1.48. The minimum atomic E-state index is -0.548. The summed E-state index contributed by atoms with van der Waals surface area (Å²) in [7, 11) is 0. The fourth-order valence-corrected chi connectivity index (χ4v) is 1.63. The van der Waals surface area contributed by atoms with Crippen LogP contribution < -0.4 is 5.32 Å². The van der Waals surface area contributed by atoms with E-state index < -0.39 is 16.6 Å². The average Bonchev–Trinajstić information content (AvgIpc) is 2.37. The van der Waals surface area contributed by atoms with E-state index in [0.717, 1.165) is 0 Å². The van der Waals surface area contributed by atoms with Crippen molar-refractivity contribution in [1.29, 1.82) is 0 Å². The van der Waals surface area contributed by atoms with Gasteiger partial charge in [0.15, 0.2) is 0 Å². The molecule has 1 aromatic heterocycles. The first-order valence-electron chi connectivity index (χ1n) is 6.62. The summed E-state index contributed by atoms with van der Waals surface area (Å²) in [5, 5.41) is 13.7. The van der Waals surface area contributed by atoms with Gasteiger partial charge in [0.05, 0.1) is 9.95 Å². The SMILES string of the molecule is CC(C)(C)OC(=O)NCCC=Cc1ncc(Cl)cc1[N+](=O)[O-]. The molecule has 1 N–H and O–H groups in total. The van der Waals surface area contributed by atoms with Crippen LogP contribution in [-0.4, -0.2) is 28.1 Å². The Bertz CT molecular complexity index is 582. The smallest absolute Gasteiger partial charge is 0.407 e. The number of halogens is 1. The molecule has 0 radical (unpaired) electrons. The van der Waals surface area contributed by atoms with Gasteiger partial charge in [0.25, 0.3) is 5.69 Å². The molecule has 1 amide bonds. The molecule has 1 aromatic rings. The Morgan fingerprint density at radius 3 is 2.82 bits per heavy atom. The third-order valence-electron chi connectivity index (χ3n) is 2.32. The quantitative estimate of drug-likeness (QED) is 0.507. The molecule has 0 spiro atoms. The Morgan fingerprint density at radius 2 is 2.23 bits per heavy atom. The summed E-state index contributed by atoms with van der Waals surface area (Å²) in [6, 6.07) is 1.24. The number of carbonyl (C=O) groups excluding carboxylic acids is 1. The highest BCUT2D eigenvalue weighted by Crippen LogP contribution is 2.21. The number of alkyl carbamates (subject to hydrolysis) is 1. The van der Waals surface area contributed by atoms with E-state index in [1.165, 1.54) is 18.3 Å². The first kappa shape index (κ1) is 17.9. The molecule has 8 heteroatoms. The molecule has 0 bridgehead atoms. The van der Waals surface area contributed by atoms with E-state index in [1.54, 1.807) is 26.8 Å². The molecule has 0 atom stereocenters. The predicted molar refractivity (Wildman–Crippen MR) is 83.8 cm³/mol. The molecule has 0 fully saturated rings. The minimum absolute atomic E-state index is 0.163. The van der Waals surface area contributed by atoms with Crippen LogP contribution in [-0.2, 0) is 4.74 Å². The second kappa shape index (κ2) is 7.74. The summed E-state index contributed by atoms with van der Waals surface area (Å²) in [5.41, 5.74) is -0.496. The topological polar surface area (TPSA) is 94.4 Å². The number of ether oxygens (including phenoxy) is 1. The molecule has 0 aromatic carbocycles. The number of nitrogens with zero attached hydrogens (tertiary/aromatic N) is 2. The van der Waals surface area contributed by atoms with Crippen LogP contribution in [0.15, 0.2) is 18.3 Å². The van der Waals surface area contributed by atoms with Gasteiger partial charge in [-0.25, -0.2) is 9.78 Å². The van der Waals surface area contributed by atoms with Crippen LogP contribution in [0.25, 0.3) is 6.08 Å². The number of carbonyl (C=O) groups is 1. The van der Waals surface area contributed by atoms with Crippen molar-refractivity contribution in [3.63, 3.8) is 0 Å². The highest BCUT2D eigenvalue weighted by molar-refractivity contribution is 6.30. The van der Waals surface area contributed by atoms with Gasteiger partial charge in [-0.1, -0.05) is 17.7 Å². The number of amides is 1. The van der Waals surface area contributed by atoms with Crippen molar-refractivity contribution < 1.29 is 14.5 Å². The van der Waals surface area contributed by atoms with Gasteiger partial charge in [-0.3, -0.25) is 10.1 Å². The van der Waals surface area contributed by atoms with Crippen molar-refractivity contribution in [2.24, 2.45) is 0 Å². The van der Waals surface area contributed by atoms with E-state index in [1.807, 2.05) is 0 Å². The van der Waals surface area contributed by atoms with Crippen molar-refractivity contribution >= 4 is 29.5 Å². The molecule has 0 aliphatic rings. The van der Waals surface area contributed by atoms with E-state index in [9.17, 15) is 14.9 Å². The monoisotopic (exact) mass is 327 g/mol. The molecule has 120 valence electrons. The molecule has 0 saturated heterocycles. The Labute approximate surface area is 133 Å². The number of pyridine rings is 1. The van der Waals surface area contributed by atoms with Crippen molar-refractivity contribution in [2.45, 2.75) is 32.8 Å². The molecule has 0 aliphatic carbocycles. The van der Waals surface area contributed by atoms with Crippen molar-refractivity contribution in [3.05, 3.63) is 39.2 Å². The summed E-state index contributed by atoms with van der Waals surface area (Å²) in [4.78, 5) is 25.6. The zero-order valence-corrected chi connectivity index (χ0v) is 13.4. The lowest BCUT2D eigenvalue weighted by Gasteiger charge is -2.19.